The Labute approximate surface area is 156 Å². The van der Waals surface area contributed by atoms with Crippen molar-refractivity contribution in [2.45, 2.75) is 43.7 Å². The minimum absolute atomic E-state index is 0.0168. The largest absolute Gasteiger partial charge is 0.489 e. The first kappa shape index (κ1) is 19.6. The highest BCUT2D eigenvalue weighted by atomic mass is 32.2. The monoisotopic (exact) mass is 401 g/mol. The van der Waals surface area contributed by atoms with E-state index in [1.54, 1.807) is 24.3 Å². The van der Waals surface area contributed by atoms with Crippen LogP contribution in [0, 0.1) is 6.92 Å². The summed E-state index contributed by atoms with van der Waals surface area (Å²) in [7, 11) is -4.10. The lowest BCUT2D eigenvalue weighted by molar-refractivity contribution is -0.0109. The number of anilines is 1. The highest BCUT2D eigenvalue weighted by Gasteiger charge is 2.24. The van der Waals surface area contributed by atoms with Crippen molar-refractivity contribution in [1.82, 2.24) is 9.78 Å². The molecule has 2 aromatic rings. The second-order valence-corrected chi connectivity index (χ2v) is 7.89. The molecule has 1 aliphatic rings. The van der Waals surface area contributed by atoms with E-state index in [4.69, 9.17) is 9.47 Å². The first-order valence-electron chi connectivity index (χ1n) is 8.57. The van der Waals surface area contributed by atoms with E-state index < -0.39 is 16.6 Å². The fraction of sp³-hybridized carbons (Fsp3) is 0.471. The summed E-state index contributed by atoms with van der Waals surface area (Å²) >= 11 is 0. The van der Waals surface area contributed by atoms with Crippen LogP contribution < -0.4 is 9.46 Å². The molecule has 1 fully saturated rings. The van der Waals surface area contributed by atoms with Crippen molar-refractivity contribution in [1.29, 1.82) is 0 Å². The zero-order chi connectivity index (χ0) is 19.4. The number of hydrogen-bond donors (Lipinski definition) is 1. The van der Waals surface area contributed by atoms with E-state index in [0.717, 1.165) is 25.5 Å². The van der Waals surface area contributed by atoms with Crippen LogP contribution in [0.5, 0.6) is 5.75 Å². The first-order valence-corrected chi connectivity index (χ1v) is 10.1. The van der Waals surface area contributed by atoms with Gasteiger partial charge in [0.25, 0.3) is 10.0 Å². The number of rotatable bonds is 7. The number of halogens is 2. The first-order chi connectivity index (χ1) is 12.9. The van der Waals surface area contributed by atoms with Gasteiger partial charge in [-0.3, -0.25) is 4.72 Å². The van der Waals surface area contributed by atoms with Crippen molar-refractivity contribution >= 4 is 15.7 Å². The van der Waals surface area contributed by atoms with Crippen LogP contribution in [0.25, 0.3) is 0 Å². The van der Waals surface area contributed by atoms with Crippen molar-refractivity contribution in [3.05, 3.63) is 36.2 Å². The summed E-state index contributed by atoms with van der Waals surface area (Å²) < 4.78 is 64.8. The van der Waals surface area contributed by atoms with Crippen molar-refractivity contribution < 1.29 is 26.7 Å². The Hall–Kier alpha value is -2.20. The summed E-state index contributed by atoms with van der Waals surface area (Å²) in [4.78, 5) is -0.312. The molecule has 1 N–H and O–H groups in total. The molecule has 0 unspecified atom stereocenters. The number of hydrogen-bond acceptors (Lipinski definition) is 5. The van der Waals surface area contributed by atoms with Gasteiger partial charge in [0.1, 0.15) is 17.3 Å². The third-order valence-corrected chi connectivity index (χ3v) is 5.66. The van der Waals surface area contributed by atoms with Gasteiger partial charge < -0.3 is 9.47 Å². The third-order valence-electron chi connectivity index (χ3n) is 4.19. The quantitative estimate of drug-likeness (QED) is 0.770. The van der Waals surface area contributed by atoms with E-state index in [1.165, 1.54) is 6.92 Å². The maximum atomic E-state index is 12.8. The number of aromatic nitrogens is 2. The zero-order valence-electron chi connectivity index (χ0n) is 14.8. The number of benzene rings is 1. The number of alkyl halides is 2. The Morgan fingerprint density at radius 1 is 1.37 bits per heavy atom. The fourth-order valence-electron chi connectivity index (χ4n) is 2.83. The lowest BCUT2D eigenvalue weighted by Gasteiger charge is -2.23. The topological polar surface area (TPSA) is 82.5 Å². The predicted molar refractivity (Wildman–Crippen MR) is 94.6 cm³/mol. The van der Waals surface area contributed by atoms with Crippen LogP contribution in [0.1, 0.15) is 31.5 Å². The van der Waals surface area contributed by atoms with Gasteiger partial charge in [-0.1, -0.05) is 12.1 Å². The predicted octanol–water partition coefficient (Wildman–Crippen LogP) is 3.34. The molecule has 1 aromatic heterocycles. The van der Waals surface area contributed by atoms with E-state index in [1.807, 2.05) is 0 Å². The average molecular weight is 401 g/mol. The highest BCUT2D eigenvalue weighted by molar-refractivity contribution is 7.92. The van der Waals surface area contributed by atoms with Gasteiger partial charge in [-0.05, 0) is 38.3 Å². The SMILES string of the molecule is Cc1nn(C(F)F)cc1S(=O)(=O)Nc1ccccc1OC[C@H]1CCCCO1. The second kappa shape index (κ2) is 8.22. The molecule has 7 nitrogen and oxygen atoms in total. The molecule has 0 aliphatic carbocycles. The number of nitrogens with zero attached hydrogens (tertiary/aromatic N) is 2. The summed E-state index contributed by atoms with van der Waals surface area (Å²) in [5, 5.41) is 3.54. The Kier molecular flexibility index (Phi) is 5.95. The molecular formula is C17H21F2N3O4S. The van der Waals surface area contributed by atoms with Crippen LogP contribution in [0.15, 0.2) is 35.4 Å². The normalized spacial score (nSPS) is 17.9. The van der Waals surface area contributed by atoms with Crippen LogP contribution in [-0.4, -0.2) is 37.5 Å². The van der Waals surface area contributed by atoms with Crippen molar-refractivity contribution in [3.63, 3.8) is 0 Å². The van der Waals surface area contributed by atoms with Crippen molar-refractivity contribution in [2.24, 2.45) is 0 Å². The molecule has 10 heteroatoms. The van der Waals surface area contributed by atoms with Crippen molar-refractivity contribution in [2.75, 3.05) is 17.9 Å². The lowest BCUT2D eigenvalue weighted by Crippen LogP contribution is -2.26. The molecule has 0 amide bonds. The minimum Gasteiger partial charge on any atom is -0.489 e. The average Bonchev–Trinajstić information content (AvgIpc) is 3.05. The molecule has 0 bridgehead atoms. The van der Waals surface area contributed by atoms with Crippen LogP contribution in [0.2, 0.25) is 0 Å². The summed E-state index contributed by atoms with van der Waals surface area (Å²) in [6, 6.07) is 6.55. The van der Waals surface area contributed by atoms with Gasteiger partial charge in [0.15, 0.2) is 0 Å². The van der Waals surface area contributed by atoms with Crippen LogP contribution in [0.3, 0.4) is 0 Å². The summed E-state index contributed by atoms with van der Waals surface area (Å²) in [5.74, 6) is 0.342. The van der Waals surface area contributed by atoms with Gasteiger partial charge in [0, 0.05) is 6.61 Å². The van der Waals surface area contributed by atoms with E-state index in [-0.39, 0.29) is 22.4 Å². The molecule has 1 aromatic carbocycles. The van der Waals surface area contributed by atoms with Gasteiger partial charge in [-0.15, -0.1) is 0 Å². The van der Waals surface area contributed by atoms with E-state index in [0.29, 0.717) is 23.6 Å². The smallest absolute Gasteiger partial charge is 0.333 e. The van der Waals surface area contributed by atoms with Gasteiger partial charge in [0.05, 0.1) is 23.7 Å². The Morgan fingerprint density at radius 2 is 2.15 bits per heavy atom. The van der Waals surface area contributed by atoms with Gasteiger partial charge in [0.2, 0.25) is 0 Å². The number of para-hydroxylation sites is 2. The van der Waals surface area contributed by atoms with Crippen LogP contribution in [-0.2, 0) is 14.8 Å². The fourth-order valence-corrected chi connectivity index (χ4v) is 4.07. The number of aryl methyl sites for hydroxylation is 1. The Balaban J connectivity index is 1.76. The van der Waals surface area contributed by atoms with Crippen molar-refractivity contribution in [3.8, 4) is 5.75 Å². The van der Waals surface area contributed by atoms with Crippen LogP contribution >= 0.6 is 0 Å². The summed E-state index contributed by atoms with van der Waals surface area (Å²) in [6.07, 6.45) is 3.76. The molecule has 1 saturated heterocycles. The molecule has 1 atom stereocenters. The molecule has 1 aliphatic heterocycles. The molecular weight excluding hydrogens is 380 g/mol. The Bertz CT molecular complexity index is 880. The van der Waals surface area contributed by atoms with E-state index >= 15 is 0 Å². The second-order valence-electron chi connectivity index (χ2n) is 6.24. The van der Waals surface area contributed by atoms with Gasteiger partial charge >= 0.3 is 6.55 Å². The standard InChI is InChI=1S/C17H21F2N3O4S/c1-12-16(10-22(20-12)17(18)19)27(23,24)21-14-7-2-3-8-15(14)26-11-13-6-4-5-9-25-13/h2-3,7-8,10,13,17,21H,4-6,9,11H2,1H3/t13-/m1/s1. The maximum Gasteiger partial charge on any atom is 0.333 e. The maximum absolute atomic E-state index is 12.8. The number of ether oxygens (including phenoxy) is 2. The molecule has 27 heavy (non-hydrogen) atoms. The molecule has 0 radical (unpaired) electrons. The van der Waals surface area contributed by atoms with E-state index in [2.05, 4.69) is 9.82 Å². The minimum atomic E-state index is -4.10. The molecule has 3 rings (SSSR count). The highest BCUT2D eigenvalue weighted by Crippen LogP contribution is 2.28. The molecule has 0 saturated carbocycles. The molecule has 2 heterocycles. The number of sulfonamides is 1. The summed E-state index contributed by atoms with van der Waals surface area (Å²) in [5.41, 5.74) is 0.203. The van der Waals surface area contributed by atoms with Crippen LogP contribution in [0.4, 0.5) is 14.5 Å². The Morgan fingerprint density at radius 3 is 2.81 bits per heavy atom. The zero-order valence-corrected chi connectivity index (χ0v) is 15.6. The summed E-state index contributed by atoms with van der Waals surface area (Å²) in [6.45, 7) is -0.564. The third kappa shape index (κ3) is 4.75. The van der Waals surface area contributed by atoms with Gasteiger partial charge in [-0.25, -0.2) is 13.1 Å². The number of nitrogens with one attached hydrogen (secondary N) is 1. The van der Waals surface area contributed by atoms with E-state index in [9.17, 15) is 17.2 Å². The lowest BCUT2D eigenvalue weighted by atomic mass is 10.1. The molecule has 148 valence electrons. The van der Waals surface area contributed by atoms with Gasteiger partial charge in [-0.2, -0.15) is 13.9 Å². The molecule has 0 spiro atoms.